The quantitative estimate of drug-likeness (QED) is 0.394. The molecule has 0 aliphatic heterocycles. The second-order valence-electron chi connectivity index (χ2n) is 7.04. The molecule has 0 atom stereocenters. The van der Waals surface area contributed by atoms with Crippen LogP contribution in [0.1, 0.15) is 11.1 Å². The molecular weight excluding hydrogens is 466 g/mol. The minimum absolute atomic E-state index is 0.0124. The highest BCUT2D eigenvalue weighted by Gasteiger charge is 2.14. The maximum atomic E-state index is 12.4. The van der Waals surface area contributed by atoms with Gasteiger partial charge < -0.3 is 10.1 Å². The van der Waals surface area contributed by atoms with E-state index in [0.29, 0.717) is 11.3 Å². The monoisotopic (exact) mass is 489 g/mol. The van der Waals surface area contributed by atoms with E-state index in [-0.39, 0.29) is 29.5 Å². The predicted molar refractivity (Wildman–Crippen MR) is 122 cm³/mol. The molecule has 0 unspecified atom stereocenters. The van der Waals surface area contributed by atoms with Crippen LogP contribution in [0.5, 0.6) is 5.75 Å². The smallest absolute Gasteiger partial charge is 0.258 e. The number of rotatable bonds is 10. The fourth-order valence-corrected chi connectivity index (χ4v) is 4.30. The zero-order chi connectivity index (χ0) is 23.9. The van der Waals surface area contributed by atoms with Gasteiger partial charge in [-0.1, -0.05) is 42.5 Å². The lowest BCUT2D eigenvalue weighted by Gasteiger charge is -2.10. The van der Waals surface area contributed by atoms with Gasteiger partial charge in [0.25, 0.3) is 5.91 Å². The molecule has 1 amide bonds. The minimum Gasteiger partial charge on any atom is -0.484 e. The SMILES string of the molecule is NS(=O)(=O)c1ccc(CNC(=O)COc2ccc(S(=O)(=O)NCc3ccccc3)cc2)cc1. The van der Waals surface area contributed by atoms with Gasteiger partial charge in [0.15, 0.2) is 6.61 Å². The van der Waals surface area contributed by atoms with Gasteiger partial charge >= 0.3 is 0 Å². The van der Waals surface area contributed by atoms with E-state index in [1.807, 2.05) is 30.3 Å². The Labute approximate surface area is 192 Å². The number of carbonyl (C=O) groups is 1. The Morgan fingerprint density at radius 3 is 1.94 bits per heavy atom. The van der Waals surface area contributed by atoms with E-state index in [9.17, 15) is 21.6 Å². The Morgan fingerprint density at radius 2 is 1.33 bits per heavy atom. The normalized spacial score (nSPS) is 11.7. The van der Waals surface area contributed by atoms with Crippen LogP contribution in [0, 0.1) is 0 Å². The zero-order valence-electron chi connectivity index (χ0n) is 17.5. The number of ether oxygens (including phenoxy) is 1. The molecule has 0 saturated carbocycles. The molecule has 0 heterocycles. The number of primary sulfonamides is 1. The number of hydrogen-bond donors (Lipinski definition) is 3. The Bertz CT molecular complexity index is 1290. The molecule has 0 bridgehead atoms. The lowest BCUT2D eigenvalue weighted by Crippen LogP contribution is -2.28. The Hall–Kier alpha value is -3.25. The van der Waals surface area contributed by atoms with Gasteiger partial charge in [-0.2, -0.15) is 0 Å². The minimum atomic E-state index is -3.77. The molecule has 0 radical (unpaired) electrons. The molecule has 0 aliphatic carbocycles. The van der Waals surface area contributed by atoms with Crippen molar-refractivity contribution >= 4 is 26.0 Å². The van der Waals surface area contributed by atoms with Crippen molar-refractivity contribution in [2.24, 2.45) is 5.14 Å². The first kappa shape index (κ1) is 24.4. The molecule has 11 heteroatoms. The van der Waals surface area contributed by atoms with Gasteiger partial charge in [0.2, 0.25) is 20.0 Å². The van der Waals surface area contributed by atoms with Crippen LogP contribution in [-0.2, 0) is 37.9 Å². The van der Waals surface area contributed by atoms with Gasteiger partial charge in [-0.25, -0.2) is 26.7 Å². The van der Waals surface area contributed by atoms with Crippen molar-refractivity contribution in [3.8, 4) is 5.75 Å². The summed E-state index contributed by atoms with van der Waals surface area (Å²) < 4.78 is 55.3. The molecule has 0 aliphatic rings. The number of hydrogen-bond acceptors (Lipinski definition) is 6. The average molecular weight is 490 g/mol. The first-order valence-corrected chi connectivity index (χ1v) is 12.8. The van der Waals surface area contributed by atoms with Crippen molar-refractivity contribution in [1.29, 1.82) is 0 Å². The van der Waals surface area contributed by atoms with E-state index in [0.717, 1.165) is 5.56 Å². The van der Waals surface area contributed by atoms with Crippen molar-refractivity contribution < 1.29 is 26.4 Å². The molecule has 9 nitrogen and oxygen atoms in total. The fraction of sp³-hybridized carbons (Fsp3) is 0.136. The lowest BCUT2D eigenvalue weighted by atomic mass is 10.2. The summed E-state index contributed by atoms with van der Waals surface area (Å²) in [5.74, 6) is -0.0589. The molecule has 0 saturated heterocycles. The summed E-state index contributed by atoms with van der Waals surface area (Å²) in [4.78, 5) is 12.1. The molecule has 3 aromatic rings. The van der Waals surface area contributed by atoms with Gasteiger partial charge in [-0.05, 0) is 47.5 Å². The molecule has 4 N–H and O–H groups in total. The Morgan fingerprint density at radius 1 is 0.758 bits per heavy atom. The van der Waals surface area contributed by atoms with Crippen LogP contribution in [0.2, 0.25) is 0 Å². The van der Waals surface area contributed by atoms with Crippen LogP contribution in [-0.4, -0.2) is 29.3 Å². The predicted octanol–water partition coefficient (Wildman–Crippen LogP) is 1.51. The summed E-state index contributed by atoms with van der Waals surface area (Å²) in [5.41, 5.74) is 1.53. The summed E-state index contributed by atoms with van der Waals surface area (Å²) in [7, 11) is -7.46. The highest BCUT2D eigenvalue weighted by atomic mass is 32.2. The largest absolute Gasteiger partial charge is 0.484 e. The van der Waals surface area contributed by atoms with Crippen LogP contribution >= 0.6 is 0 Å². The fourth-order valence-electron chi connectivity index (χ4n) is 2.77. The molecule has 3 aromatic carbocycles. The van der Waals surface area contributed by atoms with E-state index in [4.69, 9.17) is 9.88 Å². The molecule has 0 fully saturated rings. The number of carbonyl (C=O) groups excluding carboxylic acids is 1. The van der Waals surface area contributed by atoms with Crippen molar-refractivity contribution in [2.75, 3.05) is 6.61 Å². The first-order valence-electron chi connectivity index (χ1n) is 9.78. The summed E-state index contributed by atoms with van der Waals surface area (Å²) in [6.07, 6.45) is 0. The molecule has 0 spiro atoms. The van der Waals surface area contributed by atoms with Crippen molar-refractivity contribution in [3.05, 3.63) is 90.0 Å². The van der Waals surface area contributed by atoms with E-state index >= 15 is 0 Å². The van der Waals surface area contributed by atoms with Crippen LogP contribution < -0.4 is 19.9 Å². The van der Waals surface area contributed by atoms with Crippen LogP contribution in [0.15, 0.2) is 88.7 Å². The average Bonchev–Trinajstić information content (AvgIpc) is 2.81. The third-order valence-electron chi connectivity index (χ3n) is 4.55. The summed E-state index contributed by atoms with van der Waals surface area (Å²) >= 11 is 0. The van der Waals surface area contributed by atoms with E-state index in [2.05, 4.69) is 10.0 Å². The van der Waals surface area contributed by atoms with Gasteiger partial charge in [-0.15, -0.1) is 0 Å². The standard InChI is InChI=1S/C22H23N3O6S2/c23-32(27,28)20-10-6-18(7-11-20)14-24-22(26)16-31-19-8-12-21(13-9-19)33(29,30)25-15-17-4-2-1-3-5-17/h1-13,25H,14-16H2,(H,24,26)(H2,23,27,28). The summed E-state index contributed by atoms with van der Waals surface area (Å²) in [5, 5.41) is 7.69. The maximum Gasteiger partial charge on any atom is 0.258 e. The maximum absolute atomic E-state index is 12.4. The third-order valence-corrected chi connectivity index (χ3v) is 6.90. The zero-order valence-corrected chi connectivity index (χ0v) is 19.1. The van der Waals surface area contributed by atoms with Crippen LogP contribution in [0.3, 0.4) is 0 Å². The van der Waals surface area contributed by atoms with E-state index in [1.54, 1.807) is 12.1 Å². The Balaban J connectivity index is 1.47. The van der Waals surface area contributed by atoms with Crippen molar-refractivity contribution in [2.45, 2.75) is 22.9 Å². The van der Waals surface area contributed by atoms with Crippen molar-refractivity contribution in [1.82, 2.24) is 10.0 Å². The summed E-state index contributed by atoms with van der Waals surface area (Å²) in [6.45, 7) is 0.0807. The van der Waals surface area contributed by atoms with Gasteiger partial charge in [0, 0.05) is 13.1 Å². The molecule has 0 aromatic heterocycles. The second-order valence-corrected chi connectivity index (χ2v) is 10.4. The molecule has 174 valence electrons. The topological polar surface area (TPSA) is 145 Å². The van der Waals surface area contributed by atoms with E-state index in [1.165, 1.54) is 36.4 Å². The first-order chi connectivity index (χ1) is 15.6. The van der Waals surface area contributed by atoms with Gasteiger partial charge in [-0.3, -0.25) is 4.79 Å². The van der Waals surface area contributed by atoms with Crippen molar-refractivity contribution in [3.63, 3.8) is 0 Å². The summed E-state index contributed by atoms with van der Waals surface area (Å²) in [6, 6.07) is 20.7. The molecule has 3 rings (SSSR count). The highest BCUT2D eigenvalue weighted by Crippen LogP contribution is 2.16. The number of nitrogens with two attached hydrogens (primary N) is 1. The highest BCUT2D eigenvalue weighted by molar-refractivity contribution is 7.89. The van der Waals surface area contributed by atoms with Gasteiger partial charge in [0.1, 0.15) is 5.75 Å². The lowest BCUT2D eigenvalue weighted by molar-refractivity contribution is -0.123. The number of nitrogens with one attached hydrogen (secondary N) is 2. The van der Waals surface area contributed by atoms with Gasteiger partial charge in [0.05, 0.1) is 9.79 Å². The number of sulfonamides is 2. The molecular formula is C22H23N3O6S2. The Kier molecular flexibility index (Phi) is 7.82. The van der Waals surface area contributed by atoms with Crippen LogP contribution in [0.4, 0.5) is 0 Å². The van der Waals surface area contributed by atoms with Crippen LogP contribution in [0.25, 0.3) is 0 Å². The van der Waals surface area contributed by atoms with E-state index < -0.39 is 26.0 Å². The number of amides is 1. The second kappa shape index (κ2) is 10.6. The molecule has 33 heavy (non-hydrogen) atoms. The number of benzene rings is 3. The third kappa shape index (κ3) is 7.39.